The summed E-state index contributed by atoms with van der Waals surface area (Å²) in [4.78, 5) is 10.4. The average Bonchev–Trinajstić information content (AvgIpc) is 1.96. The van der Waals surface area contributed by atoms with Crippen molar-refractivity contribution in [2.45, 2.75) is 26.7 Å². The topological polar surface area (TPSA) is 63.9 Å². The van der Waals surface area contributed by atoms with Crippen molar-refractivity contribution in [1.82, 2.24) is 0 Å². The Morgan fingerprint density at radius 2 is 2.25 bits per heavy atom. The van der Waals surface area contributed by atoms with Gasteiger partial charge in [-0.25, -0.2) is 0 Å². The number of hydrogen-bond acceptors (Lipinski definition) is 3. The van der Waals surface area contributed by atoms with Crippen LogP contribution in [0.2, 0.25) is 0 Å². The van der Waals surface area contributed by atoms with Gasteiger partial charge in [-0.05, 0) is 24.3 Å². The second kappa shape index (κ2) is 5.36. The first kappa shape index (κ1) is 10.7. The summed E-state index contributed by atoms with van der Waals surface area (Å²) in [5.74, 6) is -0.802. The maximum absolute atomic E-state index is 10.4. The molecule has 3 nitrogen and oxygen atoms in total. The second-order valence-corrected chi connectivity index (χ2v) is 3.02. The average molecular weight is 166 g/mol. The summed E-state index contributed by atoms with van der Waals surface area (Å²) in [5, 5.41) is 18.6. The van der Waals surface area contributed by atoms with Gasteiger partial charge in [0, 0.05) is 6.08 Å². The van der Waals surface area contributed by atoms with E-state index in [1.54, 1.807) is 6.07 Å². The Labute approximate surface area is 72.3 Å². The van der Waals surface area contributed by atoms with Crippen LogP contribution in [0, 0.1) is 17.2 Å². The van der Waals surface area contributed by atoms with Gasteiger partial charge >= 0.3 is 0 Å². The summed E-state index contributed by atoms with van der Waals surface area (Å²) in [7, 11) is 0. The van der Waals surface area contributed by atoms with E-state index in [9.17, 15) is 9.90 Å². The minimum Gasteiger partial charge on any atom is -0.545 e. The number of allylic oxidation sites excluding steroid dienone is 1. The molecule has 0 unspecified atom stereocenters. The molecule has 0 aromatic carbocycles. The highest BCUT2D eigenvalue weighted by atomic mass is 16.4. The number of carboxylic acid groups (broad SMARTS) is 1. The van der Waals surface area contributed by atoms with Gasteiger partial charge in [0.2, 0.25) is 0 Å². The zero-order chi connectivity index (χ0) is 9.56. The van der Waals surface area contributed by atoms with Gasteiger partial charge in [0.05, 0.1) is 12.0 Å². The fourth-order valence-electron chi connectivity index (χ4n) is 0.755. The standard InChI is InChI=1S/C9H13NO2/c1-7(2)3-4-8(5-6-10)9(11)12/h5,7H,3-4H2,1-2H3,(H,11,12)/p-1/b8-5-. The highest BCUT2D eigenvalue weighted by molar-refractivity contribution is 5.85. The van der Waals surface area contributed by atoms with E-state index in [1.807, 2.05) is 13.8 Å². The van der Waals surface area contributed by atoms with Gasteiger partial charge in [0.25, 0.3) is 0 Å². The summed E-state index contributed by atoms with van der Waals surface area (Å²) >= 11 is 0. The molecule has 0 N–H and O–H groups in total. The maximum Gasteiger partial charge on any atom is 0.0915 e. The molecule has 0 saturated carbocycles. The van der Waals surface area contributed by atoms with Crippen molar-refractivity contribution in [3.63, 3.8) is 0 Å². The van der Waals surface area contributed by atoms with Crippen LogP contribution >= 0.6 is 0 Å². The highest BCUT2D eigenvalue weighted by Crippen LogP contribution is 2.10. The Balaban J connectivity index is 4.09. The Kier molecular flexibility index (Phi) is 4.78. The molecule has 0 atom stereocenters. The molecule has 0 spiro atoms. The monoisotopic (exact) mass is 166 g/mol. The minimum absolute atomic E-state index is 0.0891. The Hall–Kier alpha value is -1.30. The van der Waals surface area contributed by atoms with Crippen LogP contribution in [0.1, 0.15) is 26.7 Å². The Morgan fingerprint density at radius 1 is 1.67 bits per heavy atom. The van der Waals surface area contributed by atoms with Gasteiger partial charge in [0.15, 0.2) is 0 Å². The number of nitriles is 1. The van der Waals surface area contributed by atoms with Crippen LogP contribution in [0.4, 0.5) is 0 Å². The van der Waals surface area contributed by atoms with E-state index in [-0.39, 0.29) is 5.57 Å². The third kappa shape index (κ3) is 4.51. The molecule has 12 heavy (non-hydrogen) atoms. The third-order valence-electron chi connectivity index (χ3n) is 1.49. The molecule has 0 rings (SSSR count). The lowest BCUT2D eigenvalue weighted by Crippen LogP contribution is -2.24. The van der Waals surface area contributed by atoms with Crippen LogP contribution in [-0.2, 0) is 4.79 Å². The molecule has 0 aromatic rings. The molecule has 66 valence electrons. The number of carbonyl (C=O) groups excluding carboxylic acids is 1. The van der Waals surface area contributed by atoms with Gasteiger partial charge in [-0.15, -0.1) is 0 Å². The lowest BCUT2D eigenvalue weighted by atomic mass is 10.0. The van der Waals surface area contributed by atoms with E-state index >= 15 is 0 Å². The van der Waals surface area contributed by atoms with Crippen LogP contribution in [-0.4, -0.2) is 5.97 Å². The quantitative estimate of drug-likeness (QED) is 0.454. The summed E-state index contributed by atoms with van der Waals surface area (Å²) in [6.07, 6.45) is 2.22. The third-order valence-corrected chi connectivity index (χ3v) is 1.49. The zero-order valence-corrected chi connectivity index (χ0v) is 7.33. The number of aliphatic carboxylic acids is 1. The maximum atomic E-state index is 10.4. The number of nitrogens with zero attached hydrogens (tertiary/aromatic N) is 1. The van der Waals surface area contributed by atoms with Crippen LogP contribution < -0.4 is 5.11 Å². The molecule has 0 aliphatic rings. The van der Waals surface area contributed by atoms with Gasteiger partial charge < -0.3 is 9.90 Å². The molecule has 3 heteroatoms. The van der Waals surface area contributed by atoms with E-state index in [2.05, 4.69) is 0 Å². The predicted molar refractivity (Wildman–Crippen MR) is 42.8 cm³/mol. The summed E-state index contributed by atoms with van der Waals surface area (Å²) in [6.45, 7) is 4.00. The van der Waals surface area contributed by atoms with Crippen molar-refractivity contribution < 1.29 is 9.90 Å². The van der Waals surface area contributed by atoms with Crippen LogP contribution in [0.25, 0.3) is 0 Å². The van der Waals surface area contributed by atoms with Gasteiger partial charge in [0.1, 0.15) is 0 Å². The van der Waals surface area contributed by atoms with Crippen molar-refractivity contribution in [1.29, 1.82) is 5.26 Å². The minimum atomic E-state index is -1.24. The predicted octanol–water partition coefficient (Wildman–Crippen LogP) is 0.622. The molecule has 0 bridgehead atoms. The van der Waals surface area contributed by atoms with Crippen LogP contribution in [0.15, 0.2) is 11.6 Å². The van der Waals surface area contributed by atoms with E-state index in [0.717, 1.165) is 12.5 Å². The lowest BCUT2D eigenvalue weighted by molar-refractivity contribution is -0.299. The van der Waals surface area contributed by atoms with Crippen molar-refractivity contribution in [2.24, 2.45) is 5.92 Å². The molecular weight excluding hydrogens is 154 g/mol. The van der Waals surface area contributed by atoms with E-state index < -0.39 is 5.97 Å². The van der Waals surface area contributed by atoms with E-state index in [4.69, 9.17) is 5.26 Å². The summed E-state index contributed by atoms with van der Waals surface area (Å²) in [5.41, 5.74) is 0.0891. The SMILES string of the molecule is CC(C)CC/C(=C/C#N)C(=O)[O-]. The van der Waals surface area contributed by atoms with Gasteiger partial charge in [-0.2, -0.15) is 5.26 Å². The lowest BCUT2D eigenvalue weighted by Gasteiger charge is -2.08. The normalized spacial score (nSPS) is 11.3. The Morgan fingerprint density at radius 3 is 2.58 bits per heavy atom. The molecule has 0 saturated heterocycles. The first-order valence-corrected chi connectivity index (χ1v) is 3.88. The van der Waals surface area contributed by atoms with Crippen LogP contribution in [0.5, 0.6) is 0 Å². The first-order valence-electron chi connectivity index (χ1n) is 3.88. The van der Waals surface area contributed by atoms with Crippen molar-refractivity contribution >= 4 is 5.97 Å². The van der Waals surface area contributed by atoms with E-state index in [0.29, 0.717) is 12.3 Å². The molecule has 0 aliphatic heterocycles. The fraction of sp³-hybridized carbons (Fsp3) is 0.556. The molecule has 0 fully saturated rings. The molecule has 0 heterocycles. The number of rotatable bonds is 4. The molecular formula is C9H12NO2-. The van der Waals surface area contributed by atoms with Gasteiger partial charge in [-0.1, -0.05) is 13.8 Å². The smallest absolute Gasteiger partial charge is 0.0915 e. The molecule has 0 radical (unpaired) electrons. The first-order chi connectivity index (χ1) is 5.57. The second-order valence-electron chi connectivity index (χ2n) is 3.02. The van der Waals surface area contributed by atoms with Crippen molar-refractivity contribution in [3.05, 3.63) is 11.6 Å². The fourth-order valence-corrected chi connectivity index (χ4v) is 0.755. The summed E-state index contributed by atoms with van der Waals surface area (Å²) < 4.78 is 0. The Bertz CT molecular complexity index is 223. The molecule has 0 aliphatic carbocycles. The van der Waals surface area contributed by atoms with E-state index in [1.165, 1.54) is 0 Å². The summed E-state index contributed by atoms with van der Waals surface area (Å²) in [6, 6.07) is 1.69. The molecule has 0 amide bonds. The molecule has 0 aromatic heterocycles. The zero-order valence-electron chi connectivity index (χ0n) is 7.33. The van der Waals surface area contributed by atoms with Gasteiger partial charge in [-0.3, -0.25) is 0 Å². The number of carboxylic acids is 1. The van der Waals surface area contributed by atoms with Crippen molar-refractivity contribution in [2.75, 3.05) is 0 Å². The number of hydrogen-bond donors (Lipinski definition) is 0. The number of carbonyl (C=O) groups is 1. The largest absolute Gasteiger partial charge is 0.545 e. The van der Waals surface area contributed by atoms with Crippen molar-refractivity contribution in [3.8, 4) is 6.07 Å². The van der Waals surface area contributed by atoms with Crippen LogP contribution in [0.3, 0.4) is 0 Å². The highest BCUT2D eigenvalue weighted by Gasteiger charge is 2.00.